The van der Waals surface area contributed by atoms with Crippen LogP contribution in [0.3, 0.4) is 0 Å². The van der Waals surface area contributed by atoms with E-state index in [2.05, 4.69) is 20.8 Å². The maximum absolute atomic E-state index is 10.5. The van der Waals surface area contributed by atoms with Crippen LogP contribution in [0.15, 0.2) is 12.1 Å². The van der Waals surface area contributed by atoms with E-state index in [9.17, 15) is 15.0 Å². The molecule has 1 fully saturated rings. The lowest BCUT2D eigenvalue weighted by atomic mass is 9.89. The fourth-order valence-electron chi connectivity index (χ4n) is 4.18. The topological polar surface area (TPSA) is 66.8 Å². The van der Waals surface area contributed by atoms with Crippen LogP contribution in [0.5, 0.6) is 11.5 Å². The number of carbonyl (C=O) groups is 1. The van der Waals surface area contributed by atoms with Crippen LogP contribution in [0.2, 0.25) is 0 Å². The van der Waals surface area contributed by atoms with Crippen molar-refractivity contribution >= 4 is 6.47 Å². The molecule has 0 aromatic heterocycles. The van der Waals surface area contributed by atoms with E-state index < -0.39 is 0 Å². The fraction of sp³-hybridized carbons (Fsp3) is 0.731. The summed E-state index contributed by atoms with van der Waals surface area (Å²) in [6.45, 7) is 7.45. The summed E-state index contributed by atoms with van der Waals surface area (Å²) < 4.78 is 5.19. The van der Waals surface area contributed by atoms with Crippen molar-refractivity contribution in [2.45, 2.75) is 116 Å². The van der Waals surface area contributed by atoms with E-state index in [-0.39, 0.29) is 17.1 Å². The summed E-state index contributed by atoms with van der Waals surface area (Å²) in [6, 6.07) is 3.51. The van der Waals surface area contributed by atoms with Crippen LogP contribution < -0.4 is 0 Å². The molecule has 0 spiro atoms. The first-order chi connectivity index (χ1) is 14.2. The third-order valence-electron chi connectivity index (χ3n) is 6.34. The smallest absolute Gasteiger partial charge is 0.293 e. The van der Waals surface area contributed by atoms with Gasteiger partial charge in [-0.25, -0.2) is 0 Å². The molecule has 0 bridgehead atoms. The summed E-state index contributed by atoms with van der Waals surface area (Å²) in [5.74, 6) is 0.425. The van der Waals surface area contributed by atoms with Gasteiger partial charge in [-0.05, 0) is 80.4 Å². The Hall–Kier alpha value is -1.71. The monoisotopic (exact) mass is 418 g/mol. The molecule has 0 saturated heterocycles. The van der Waals surface area contributed by atoms with E-state index in [0.717, 1.165) is 75.3 Å². The van der Waals surface area contributed by atoms with Crippen molar-refractivity contribution in [1.82, 2.24) is 0 Å². The number of phenols is 2. The van der Waals surface area contributed by atoms with Crippen LogP contribution in [0.25, 0.3) is 0 Å². The average molecular weight is 419 g/mol. The molecule has 4 heteroatoms. The molecule has 30 heavy (non-hydrogen) atoms. The number of unbranched alkanes of at least 4 members (excludes halogenated alkanes) is 6. The van der Waals surface area contributed by atoms with Crippen LogP contribution in [0.4, 0.5) is 0 Å². The number of phenolic OH excluding ortho intramolecular Hbond substituents is 2. The van der Waals surface area contributed by atoms with E-state index in [1.807, 2.05) is 6.07 Å². The van der Waals surface area contributed by atoms with E-state index in [1.54, 1.807) is 0 Å². The molecule has 1 aromatic rings. The maximum atomic E-state index is 10.5. The van der Waals surface area contributed by atoms with Gasteiger partial charge in [0.15, 0.2) is 0 Å². The Balaban J connectivity index is 1.66. The van der Waals surface area contributed by atoms with Crippen molar-refractivity contribution in [2.24, 2.45) is 5.41 Å². The zero-order valence-corrected chi connectivity index (χ0v) is 19.3. The standard InChI is InChI=1S/C26H42O4/c1-25(2,3)14-10-6-4-8-12-21-18-22(24(29)19-23(21)28)13-9-5-7-11-15-26(16-17-26)30-20-27/h18-20,28-29H,4-17H2,1-3H3. The molecule has 2 rings (SSSR count). The third kappa shape index (κ3) is 8.97. The molecular formula is C26H42O4. The second-order valence-corrected chi connectivity index (χ2v) is 10.4. The number of benzene rings is 1. The molecule has 1 aliphatic rings. The van der Waals surface area contributed by atoms with Crippen molar-refractivity contribution < 1.29 is 19.7 Å². The Morgan fingerprint density at radius 1 is 0.867 bits per heavy atom. The van der Waals surface area contributed by atoms with Crippen LogP contribution in [0, 0.1) is 5.41 Å². The van der Waals surface area contributed by atoms with Crippen molar-refractivity contribution in [3.05, 3.63) is 23.3 Å². The summed E-state index contributed by atoms with van der Waals surface area (Å²) >= 11 is 0. The van der Waals surface area contributed by atoms with Crippen LogP contribution in [0.1, 0.15) is 109 Å². The van der Waals surface area contributed by atoms with Crippen molar-refractivity contribution in [3.8, 4) is 11.5 Å². The molecule has 170 valence electrons. The van der Waals surface area contributed by atoms with Crippen LogP contribution in [-0.2, 0) is 22.4 Å². The lowest BCUT2D eigenvalue weighted by Crippen LogP contribution is -2.12. The largest absolute Gasteiger partial charge is 0.508 e. The number of rotatable bonds is 15. The van der Waals surface area contributed by atoms with E-state index >= 15 is 0 Å². The third-order valence-corrected chi connectivity index (χ3v) is 6.34. The van der Waals surface area contributed by atoms with Gasteiger partial charge < -0.3 is 14.9 Å². The minimum absolute atomic E-state index is 0.140. The van der Waals surface area contributed by atoms with Crippen LogP contribution in [-0.4, -0.2) is 22.3 Å². The fourth-order valence-corrected chi connectivity index (χ4v) is 4.18. The molecule has 0 atom stereocenters. The first-order valence-electron chi connectivity index (χ1n) is 11.9. The summed E-state index contributed by atoms with van der Waals surface area (Å²) in [4.78, 5) is 10.5. The molecule has 0 heterocycles. The second-order valence-electron chi connectivity index (χ2n) is 10.4. The highest BCUT2D eigenvalue weighted by molar-refractivity contribution is 5.45. The SMILES string of the molecule is CC(C)(C)CCCCCCc1cc(CCCCCCC2(OC=O)CC2)c(O)cc1O. The molecule has 4 nitrogen and oxygen atoms in total. The molecule has 0 unspecified atom stereocenters. The number of ether oxygens (including phenoxy) is 1. The van der Waals surface area contributed by atoms with Gasteiger partial charge in [0.2, 0.25) is 0 Å². The zero-order chi connectivity index (χ0) is 22.0. The molecule has 0 amide bonds. The average Bonchev–Trinajstić information content (AvgIpc) is 3.42. The highest BCUT2D eigenvalue weighted by Gasteiger charge is 2.44. The van der Waals surface area contributed by atoms with Gasteiger partial charge in [0.1, 0.15) is 17.1 Å². The minimum Gasteiger partial charge on any atom is -0.508 e. The molecule has 0 radical (unpaired) electrons. The lowest BCUT2D eigenvalue weighted by Gasteiger charge is -2.17. The van der Waals surface area contributed by atoms with Gasteiger partial charge >= 0.3 is 0 Å². The lowest BCUT2D eigenvalue weighted by molar-refractivity contribution is -0.135. The molecule has 1 aromatic carbocycles. The number of hydrogen-bond acceptors (Lipinski definition) is 4. The summed E-state index contributed by atoms with van der Waals surface area (Å²) in [5.41, 5.74) is 2.17. The van der Waals surface area contributed by atoms with Gasteiger partial charge in [-0.2, -0.15) is 0 Å². The molecule has 2 N–H and O–H groups in total. The Morgan fingerprint density at radius 3 is 1.90 bits per heavy atom. The minimum atomic E-state index is -0.140. The van der Waals surface area contributed by atoms with Gasteiger partial charge in [-0.15, -0.1) is 0 Å². The van der Waals surface area contributed by atoms with Crippen LogP contribution >= 0.6 is 0 Å². The first-order valence-corrected chi connectivity index (χ1v) is 11.9. The number of hydrogen-bond donors (Lipinski definition) is 2. The van der Waals surface area contributed by atoms with E-state index in [4.69, 9.17) is 4.74 Å². The molecular weight excluding hydrogens is 376 g/mol. The summed E-state index contributed by atoms with van der Waals surface area (Å²) in [6.07, 6.45) is 15.0. The van der Waals surface area contributed by atoms with Gasteiger partial charge in [-0.3, -0.25) is 4.79 Å². The number of carbonyl (C=O) groups excluding carboxylic acids is 1. The van der Waals surface area contributed by atoms with E-state index in [1.165, 1.54) is 31.7 Å². The van der Waals surface area contributed by atoms with Gasteiger partial charge in [-0.1, -0.05) is 52.9 Å². The Kier molecular flexibility index (Phi) is 9.51. The van der Waals surface area contributed by atoms with E-state index in [0.29, 0.717) is 11.9 Å². The summed E-state index contributed by atoms with van der Waals surface area (Å²) in [5, 5.41) is 20.4. The van der Waals surface area contributed by atoms with Crippen molar-refractivity contribution in [3.63, 3.8) is 0 Å². The zero-order valence-electron chi connectivity index (χ0n) is 19.3. The van der Waals surface area contributed by atoms with Gasteiger partial charge in [0, 0.05) is 6.07 Å². The Bertz CT molecular complexity index is 656. The predicted molar refractivity (Wildman–Crippen MR) is 122 cm³/mol. The quantitative estimate of drug-likeness (QED) is 0.242. The highest BCUT2D eigenvalue weighted by Crippen LogP contribution is 2.43. The molecule has 1 saturated carbocycles. The van der Waals surface area contributed by atoms with Crippen molar-refractivity contribution in [2.75, 3.05) is 0 Å². The van der Waals surface area contributed by atoms with Gasteiger partial charge in [0.05, 0.1) is 0 Å². The highest BCUT2D eigenvalue weighted by atomic mass is 16.5. The molecule has 0 aliphatic heterocycles. The second kappa shape index (κ2) is 11.6. The number of aromatic hydroxyl groups is 2. The van der Waals surface area contributed by atoms with Crippen molar-refractivity contribution in [1.29, 1.82) is 0 Å². The Morgan fingerprint density at radius 2 is 1.40 bits per heavy atom. The first kappa shape index (κ1) is 24.6. The maximum Gasteiger partial charge on any atom is 0.293 e. The number of aryl methyl sites for hydroxylation is 2. The predicted octanol–water partition coefficient (Wildman–Crippen LogP) is 6.84. The summed E-state index contributed by atoms with van der Waals surface area (Å²) in [7, 11) is 0. The van der Waals surface area contributed by atoms with Gasteiger partial charge in [0.25, 0.3) is 6.47 Å². The Labute approximate surface area is 183 Å². The molecule has 1 aliphatic carbocycles. The normalized spacial score (nSPS) is 15.2.